The highest BCUT2D eigenvalue weighted by Crippen LogP contribution is 2.27. The van der Waals surface area contributed by atoms with E-state index in [0.717, 1.165) is 42.5 Å². The lowest BCUT2D eigenvalue weighted by atomic mass is 9.94. The first kappa shape index (κ1) is 12.8. The van der Waals surface area contributed by atoms with Crippen LogP contribution in [0, 0.1) is 5.92 Å². The van der Waals surface area contributed by atoms with Crippen LogP contribution in [0.4, 0.5) is 0 Å². The SMILES string of the molecule is O=C1C2CCCNC2CN1Cc1ccc2ccccc2n1. The molecule has 2 aliphatic rings. The summed E-state index contributed by atoms with van der Waals surface area (Å²) in [6.45, 7) is 2.48. The Morgan fingerprint density at radius 1 is 1.24 bits per heavy atom. The molecule has 2 aliphatic heterocycles. The summed E-state index contributed by atoms with van der Waals surface area (Å²) in [5.41, 5.74) is 1.97. The van der Waals surface area contributed by atoms with Gasteiger partial charge in [-0.2, -0.15) is 0 Å². The molecule has 0 aliphatic carbocycles. The minimum Gasteiger partial charge on any atom is -0.335 e. The van der Waals surface area contributed by atoms with Crippen LogP contribution in [0.5, 0.6) is 0 Å². The molecule has 0 spiro atoms. The van der Waals surface area contributed by atoms with E-state index in [4.69, 9.17) is 0 Å². The molecule has 4 rings (SSSR count). The fourth-order valence-corrected chi connectivity index (χ4v) is 3.54. The van der Waals surface area contributed by atoms with Crippen molar-refractivity contribution in [1.82, 2.24) is 15.2 Å². The summed E-state index contributed by atoms with van der Waals surface area (Å²) in [6.07, 6.45) is 2.13. The maximum atomic E-state index is 12.5. The summed E-state index contributed by atoms with van der Waals surface area (Å²) in [4.78, 5) is 19.1. The van der Waals surface area contributed by atoms with Gasteiger partial charge in [-0.15, -0.1) is 0 Å². The molecule has 4 nitrogen and oxygen atoms in total. The number of amides is 1. The van der Waals surface area contributed by atoms with E-state index in [2.05, 4.69) is 22.4 Å². The minimum absolute atomic E-state index is 0.180. The predicted molar refractivity (Wildman–Crippen MR) is 81.7 cm³/mol. The summed E-state index contributed by atoms with van der Waals surface area (Å²) in [7, 11) is 0. The summed E-state index contributed by atoms with van der Waals surface area (Å²) in [5, 5.41) is 4.62. The van der Waals surface area contributed by atoms with Gasteiger partial charge in [0.2, 0.25) is 5.91 Å². The molecule has 2 atom stereocenters. The lowest BCUT2D eigenvalue weighted by Gasteiger charge is -2.23. The van der Waals surface area contributed by atoms with Gasteiger partial charge >= 0.3 is 0 Å². The minimum atomic E-state index is 0.180. The number of likely N-dealkylation sites (tertiary alicyclic amines) is 1. The van der Waals surface area contributed by atoms with Crippen LogP contribution >= 0.6 is 0 Å². The van der Waals surface area contributed by atoms with Crippen LogP contribution in [-0.4, -0.2) is 34.9 Å². The fraction of sp³-hybridized carbons (Fsp3) is 0.412. The number of carbonyl (C=O) groups excluding carboxylic acids is 1. The van der Waals surface area contributed by atoms with Crippen molar-refractivity contribution in [3.05, 3.63) is 42.1 Å². The zero-order chi connectivity index (χ0) is 14.2. The van der Waals surface area contributed by atoms with E-state index >= 15 is 0 Å². The Morgan fingerprint density at radius 3 is 3.05 bits per heavy atom. The number of piperidine rings is 1. The highest BCUT2D eigenvalue weighted by molar-refractivity contribution is 5.82. The van der Waals surface area contributed by atoms with Gasteiger partial charge in [0.05, 0.1) is 23.7 Å². The molecule has 1 aromatic heterocycles. The van der Waals surface area contributed by atoms with Crippen LogP contribution in [0.1, 0.15) is 18.5 Å². The van der Waals surface area contributed by atoms with E-state index < -0.39 is 0 Å². The molecule has 1 aromatic carbocycles. The standard InChI is InChI=1S/C17H19N3O/c21-17-14-5-3-9-18-16(14)11-20(17)10-13-8-7-12-4-1-2-6-15(12)19-13/h1-2,4,6-8,14,16,18H,3,5,9-11H2. The Bertz CT molecular complexity index is 685. The molecule has 0 radical (unpaired) electrons. The van der Waals surface area contributed by atoms with Crippen LogP contribution < -0.4 is 5.32 Å². The smallest absolute Gasteiger partial charge is 0.227 e. The number of nitrogens with one attached hydrogen (secondary N) is 1. The topological polar surface area (TPSA) is 45.2 Å². The normalized spacial score (nSPS) is 25.3. The molecule has 4 heteroatoms. The third kappa shape index (κ3) is 2.29. The van der Waals surface area contributed by atoms with Gasteiger partial charge in [-0.1, -0.05) is 24.3 Å². The molecule has 3 heterocycles. The molecule has 1 amide bonds. The molecule has 21 heavy (non-hydrogen) atoms. The second-order valence-electron chi connectivity index (χ2n) is 6.02. The third-order valence-corrected chi connectivity index (χ3v) is 4.64. The number of carbonyl (C=O) groups is 1. The molecule has 2 saturated heterocycles. The van der Waals surface area contributed by atoms with Crippen LogP contribution in [-0.2, 0) is 11.3 Å². The molecule has 2 aromatic rings. The van der Waals surface area contributed by atoms with Crippen LogP contribution in [0.3, 0.4) is 0 Å². The fourth-order valence-electron chi connectivity index (χ4n) is 3.54. The summed E-state index contributed by atoms with van der Waals surface area (Å²) < 4.78 is 0. The third-order valence-electron chi connectivity index (χ3n) is 4.64. The van der Waals surface area contributed by atoms with E-state index in [1.807, 2.05) is 29.2 Å². The van der Waals surface area contributed by atoms with Crippen molar-refractivity contribution < 1.29 is 4.79 Å². The Morgan fingerprint density at radius 2 is 2.14 bits per heavy atom. The lowest BCUT2D eigenvalue weighted by molar-refractivity contribution is -0.132. The molecule has 1 N–H and O–H groups in total. The average molecular weight is 281 g/mol. The molecule has 2 unspecified atom stereocenters. The first-order valence-electron chi connectivity index (χ1n) is 7.68. The number of hydrogen-bond acceptors (Lipinski definition) is 3. The maximum absolute atomic E-state index is 12.5. The monoisotopic (exact) mass is 281 g/mol. The Hall–Kier alpha value is -1.94. The zero-order valence-electron chi connectivity index (χ0n) is 12.0. The van der Waals surface area contributed by atoms with Crippen molar-refractivity contribution in [2.24, 2.45) is 5.92 Å². The van der Waals surface area contributed by atoms with E-state index in [0.29, 0.717) is 18.5 Å². The summed E-state index contributed by atoms with van der Waals surface area (Å²) in [6, 6.07) is 12.6. The van der Waals surface area contributed by atoms with Gasteiger partial charge in [-0.05, 0) is 31.5 Å². The Kier molecular flexibility index (Phi) is 3.11. The lowest BCUT2D eigenvalue weighted by Crippen LogP contribution is -2.41. The second kappa shape index (κ2) is 5.11. The number of aromatic nitrogens is 1. The number of hydrogen-bond donors (Lipinski definition) is 1. The molecule has 2 fully saturated rings. The molecule has 108 valence electrons. The Labute approximate surface area is 124 Å². The second-order valence-corrected chi connectivity index (χ2v) is 6.02. The van der Waals surface area contributed by atoms with Gasteiger partial charge in [0.15, 0.2) is 0 Å². The van der Waals surface area contributed by atoms with Crippen molar-refractivity contribution in [3.8, 4) is 0 Å². The summed E-state index contributed by atoms with van der Waals surface area (Å²) in [5.74, 6) is 0.473. The van der Waals surface area contributed by atoms with Gasteiger partial charge in [0.25, 0.3) is 0 Å². The predicted octanol–water partition coefficient (Wildman–Crippen LogP) is 1.95. The average Bonchev–Trinajstić information content (AvgIpc) is 2.84. The van der Waals surface area contributed by atoms with Gasteiger partial charge < -0.3 is 10.2 Å². The van der Waals surface area contributed by atoms with Crippen LogP contribution in [0.15, 0.2) is 36.4 Å². The van der Waals surface area contributed by atoms with Gasteiger partial charge in [0, 0.05) is 18.0 Å². The Balaban J connectivity index is 1.55. The zero-order valence-corrected chi connectivity index (χ0v) is 12.0. The number of para-hydroxylation sites is 1. The van der Waals surface area contributed by atoms with E-state index in [1.54, 1.807) is 0 Å². The quantitative estimate of drug-likeness (QED) is 0.915. The molecule has 0 bridgehead atoms. The van der Waals surface area contributed by atoms with Crippen molar-refractivity contribution in [2.75, 3.05) is 13.1 Å². The first-order valence-corrected chi connectivity index (χ1v) is 7.68. The molecule has 0 saturated carbocycles. The summed E-state index contributed by atoms with van der Waals surface area (Å²) >= 11 is 0. The number of rotatable bonds is 2. The maximum Gasteiger partial charge on any atom is 0.227 e. The van der Waals surface area contributed by atoms with Crippen LogP contribution in [0.2, 0.25) is 0 Å². The highest BCUT2D eigenvalue weighted by atomic mass is 16.2. The van der Waals surface area contributed by atoms with Gasteiger partial charge in [0.1, 0.15) is 0 Å². The van der Waals surface area contributed by atoms with Crippen LogP contribution in [0.25, 0.3) is 10.9 Å². The number of benzene rings is 1. The van der Waals surface area contributed by atoms with Gasteiger partial charge in [-0.25, -0.2) is 0 Å². The number of nitrogens with zero attached hydrogens (tertiary/aromatic N) is 2. The molecular weight excluding hydrogens is 262 g/mol. The number of pyridine rings is 1. The van der Waals surface area contributed by atoms with Crippen molar-refractivity contribution in [2.45, 2.75) is 25.4 Å². The molecular formula is C17H19N3O. The van der Waals surface area contributed by atoms with E-state index in [-0.39, 0.29) is 5.92 Å². The van der Waals surface area contributed by atoms with Crippen molar-refractivity contribution >= 4 is 16.8 Å². The first-order chi connectivity index (χ1) is 10.3. The van der Waals surface area contributed by atoms with Gasteiger partial charge in [-0.3, -0.25) is 9.78 Å². The largest absolute Gasteiger partial charge is 0.335 e. The number of fused-ring (bicyclic) bond motifs is 2. The highest BCUT2D eigenvalue weighted by Gasteiger charge is 2.41. The van der Waals surface area contributed by atoms with E-state index in [1.165, 1.54) is 0 Å². The van der Waals surface area contributed by atoms with Crippen molar-refractivity contribution in [3.63, 3.8) is 0 Å². The van der Waals surface area contributed by atoms with E-state index in [9.17, 15) is 4.79 Å². The van der Waals surface area contributed by atoms with Crippen molar-refractivity contribution in [1.29, 1.82) is 0 Å².